The molecule has 0 radical (unpaired) electrons. The number of thioether (sulfide) groups is 1. The van der Waals surface area contributed by atoms with Crippen LogP contribution in [0.2, 0.25) is 0 Å². The van der Waals surface area contributed by atoms with E-state index >= 15 is 0 Å². The van der Waals surface area contributed by atoms with Crippen LogP contribution in [-0.2, 0) is 21.7 Å². The van der Waals surface area contributed by atoms with Crippen molar-refractivity contribution < 1.29 is 9.53 Å². The van der Waals surface area contributed by atoms with Crippen molar-refractivity contribution in [2.24, 2.45) is 0 Å². The molecule has 6 nitrogen and oxygen atoms in total. The fourth-order valence-corrected chi connectivity index (χ4v) is 4.59. The minimum atomic E-state index is -0.389. The minimum Gasteiger partial charge on any atom is -0.462 e. The molecule has 7 heteroatoms. The van der Waals surface area contributed by atoms with Crippen LogP contribution < -0.4 is 5.32 Å². The number of aryl methyl sites for hydroxylation is 1. The number of hydrogen-bond acceptors (Lipinski definition) is 6. The molecule has 0 saturated heterocycles. The predicted octanol–water partition coefficient (Wildman–Crippen LogP) is 5.77. The van der Waals surface area contributed by atoms with Gasteiger partial charge >= 0.3 is 5.97 Å². The van der Waals surface area contributed by atoms with E-state index in [-0.39, 0.29) is 12.0 Å². The van der Waals surface area contributed by atoms with Gasteiger partial charge in [0.25, 0.3) is 0 Å². The molecule has 1 N–H and O–H groups in total. The van der Waals surface area contributed by atoms with E-state index in [0.717, 1.165) is 36.3 Å². The van der Waals surface area contributed by atoms with Gasteiger partial charge in [-0.15, -0.1) is 5.10 Å². The van der Waals surface area contributed by atoms with Crippen molar-refractivity contribution >= 4 is 23.7 Å². The summed E-state index contributed by atoms with van der Waals surface area (Å²) in [6.07, 6.45) is 2.78. The van der Waals surface area contributed by atoms with E-state index in [4.69, 9.17) is 14.8 Å². The summed E-state index contributed by atoms with van der Waals surface area (Å²) in [5.74, 6) is 1.11. The molecular formula is C26H30N4O2S. The number of carbonyl (C=O) groups excluding carboxylic acids is 1. The normalized spacial score (nSPS) is 15.2. The Hall–Kier alpha value is -3.06. The number of rotatable bonds is 9. The summed E-state index contributed by atoms with van der Waals surface area (Å²) in [4.78, 5) is 17.8. The van der Waals surface area contributed by atoms with Crippen molar-refractivity contribution in [1.82, 2.24) is 14.8 Å². The molecule has 33 heavy (non-hydrogen) atoms. The second-order valence-electron chi connectivity index (χ2n) is 8.09. The topological polar surface area (TPSA) is 69.0 Å². The van der Waals surface area contributed by atoms with Crippen molar-refractivity contribution in [2.45, 2.75) is 57.0 Å². The maximum atomic E-state index is 13.1. The summed E-state index contributed by atoms with van der Waals surface area (Å²) in [7, 11) is 0. The van der Waals surface area contributed by atoms with Crippen LogP contribution in [0, 0.1) is 0 Å². The summed E-state index contributed by atoms with van der Waals surface area (Å²) >= 11 is 1.58. The molecule has 4 rings (SSSR count). The molecule has 2 aromatic carbocycles. The Bertz CT molecular complexity index is 1120. The Morgan fingerprint density at radius 3 is 2.55 bits per heavy atom. The Kier molecular flexibility index (Phi) is 7.50. The first kappa shape index (κ1) is 23.1. The Balaban J connectivity index is 1.66. The average molecular weight is 463 g/mol. The number of allylic oxidation sites excluding steroid dienone is 1. The number of esters is 1. The first-order chi connectivity index (χ1) is 16.1. The van der Waals surface area contributed by atoms with Gasteiger partial charge in [0.15, 0.2) is 0 Å². The van der Waals surface area contributed by atoms with E-state index in [1.807, 2.05) is 29.8 Å². The zero-order valence-corrected chi connectivity index (χ0v) is 20.2. The van der Waals surface area contributed by atoms with E-state index < -0.39 is 0 Å². The molecule has 1 unspecified atom stereocenters. The number of ether oxygens (including phenoxy) is 1. The van der Waals surface area contributed by atoms with Crippen molar-refractivity contribution in [3.8, 4) is 0 Å². The summed E-state index contributed by atoms with van der Waals surface area (Å²) in [6, 6.07) is 18.2. The van der Waals surface area contributed by atoms with Crippen LogP contribution in [0.25, 0.3) is 0 Å². The molecule has 1 aromatic heterocycles. The van der Waals surface area contributed by atoms with Gasteiger partial charge in [0.05, 0.1) is 12.2 Å². The average Bonchev–Trinajstić information content (AvgIpc) is 3.25. The molecule has 0 amide bonds. The van der Waals surface area contributed by atoms with Gasteiger partial charge in [0.2, 0.25) is 11.1 Å². The number of nitrogens with one attached hydrogen (secondary N) is 1. The second kappa shape index (κ2) is 10.7. The van der Waals surface area contributed by atoms with Gasteiger partial charge in [-0.25, -0.2) is 9.48 Å². The van der Waals surface area contributed by atoms with Crippen LogP contribution >= 0.6 is 11.8 Å². The van der Waals surface area contributed by atoms with Crippen LogP contribution in [0.1, 0.15) is 56.3 Å². The zero-order chi connectivity index (χ0) is 23.2. The van der Waals surface area contributed by atoms with Gasteiger partial charge in [0, 0.05) is 11.4 Å². The molecule has 3 aromatic rings. The van der Waals surface area contributed by atoms with E-state index in [9.17, 15) is 4.79 Å². The fourth-order valence-electron chi connectivity index (χ4n) is 3.81. The molecule has 0 bridgehead atoms. The fraction of sp³-hybridized carbons (Fsp3) is 0.346. The van der Waals surface area contributed by atoms with Crippen molar-refractivity contribution in [3.63, 3.8) is 0 Å². The smallest absolute Gasteiger partial charge is 0.338 e. The molecule has 1 atom stereocenters. The summed E-state index contributed by atoms with van der Waals surface area (Å²) < 4.78 is 7.43. The number of benzene rings is 2. The molecule has 0 spiro atoms. The minimum absolute atomic E-state index is 0.308. The van der Waals surface area contributed by atoms with Crippen molar-refractivity contribution in [1.29, 1.82) is 0 Å². The number of anilines is 1. The molecule has 2 heterocycles. The van der Waals surface area contributed by atoms with Crippen molar-refractivity contribution in [2.75, 3.05) is 11.9 Å². The molecule has 172 valence electrons. The molecule has 1 aliphatic heterocycles. The van der Waals surface area contributed by atoms with Crippen LogP contribution in [0.5, 0.6) is 0 Å². The maximum absolute atomic E-state index is 13.1. The highest BCUT2D eigenvalue weighted by Crippen LogP contribution is 2.37. The number of carbonyl (C=O) groups is 1. The predicted molar refractivity (Wildman–Crippen MR) is 132 cm³/mol. The second-order valence-corrected chi connectivity index (χ2v) is 9.03. The number of nitrogens with zero attached hydrogens (tertiary/aromatic N) is 3. The van der Waals surface area contributed by atoms with Crippen LogP contribution in [0.3, 0.4) is 0 Å². The number of fused-ring (bicyclic) bond motifs is 1. The highest BCUT2D eigenvalue weighted by Gasteiger charge is 2.35. The molecular weight excluding hydrogens is 432 g/mol. The molecule has 0 aliphatic carbocycles. The van der Waals surface area contributed by atoms with Gasteiger partial charge in [-0.1, -0.05) is 86.6 Å². The largest absolute Gasteiger partial charge is 0.462 e. The lowest BCUT2D eigenvalue weighted by molar-refractivity contribution is -0.139. The van der Waals surface area contributed by atoms with Gasteiger partial charge < -0.3 is 10.1 Å². The van der Waals surface area contributed by atoms with Gasteiger partial charge in [-0.2, -0.15) is 4.98 Å². The lowest BCUT2D eigenvalue weighted by Gasteiger charge is -2.28. The third-order valence-corrected chi connectivity index (χ3v) is 6.61. The molecule has 0 fully saturated rings. The maximum Gasteiger partial charge on any atom is 0.338 e. The van der Waals surface area contributed by atoms with Crippen molar-refractivity contribution in [3.05, 3.63) is 82.6 Å². The first-order valence-corrected chi connectivity index (χ1v) is 12.5. The number of unbranched alkanes of at least 4 members (excludes halogenated alkanes) is 1. The van der Waals surface area contributed by atoms with Gasteiger partial charge in [0.1, 0.15) is 6.04 Å². The Labute approximate surface area is 199 Å². The van der Waals surface area contributed by atoms with E-state index in [1.165, 1.54) is 11.1 Å². The summed E-state index contributed by atoms with van der Waals surface area (Å²) in [5, 5.41) is 8.74. The first-order valence-electron chi connectivity index (χ1n) is 11.5. The Morgan fingerprint density at radius 1 is 1.09 bits per heavy atom. The highest BCUT2D eigenvalue weighted by atomic mass is 32.2. The van der Waals surface area contributed by atoms with Crippen LogP contribution in [0.15, 0.2) is 71.0 Å². The lowest BCUT2D eigenvalue weighted by atomic mass is 9.95. The standard InChI is InChI=1S/C26H30N4O2S/c1-4-6-16-32-24(31)22-18(3)27-25-28-26(33-17-20-10-8-7-9-11-20)29-30(25)23(22)21-14-12-19(5-2)13-15-21/h7-15,23H,4-6,16-17H2,1-3H3,(H,27,28,29). The van der Waals surface area contributed by atoms with Crippen LogP contribution in [0.4, 0.5) is 5.95 Å². The monoisotopic (exact) mass is 462 g/mol. The lowest BCUT2D eigenvalue weighted by Crippen LogP contribution is -2.29. The number of hydrogen-bond donors (Lipinski definition) is 1. The van der Waals surface area contributed by atoms with Gasteiger partial charge in [-0.3, -0.25) is 0 Å². The summed E-state index contributed by atoms with van der Waals surface area (Å²) in [5.41, 5.74) is 4.77. The quantitative estimate of drug-likeness (QED) is 0.247. The third-order valence-electron chi connectivity index (χ3n) is 5.70. The molecule has 0 saturated carbocycles. The summed E-state index contributed by atoms with van der Waals surface area (Å²) in [6.45, 7) is 6.52. The van der Waals surface area contributed by atoms with E-state index in [2.05, 4.69) is 55.6 Å². The van der Waals surface area contributed by atoms with E-state index in [1.54, 1.807) is 11.8 Å². The zero-order valence-electron chi connectivity index (χ0n) is 19.4. The Morgan fingerprint density at radius 2 is 1.85 bits per heavy atom. The highest BCUT2D eigenvalue weighted by molar-refractivity contribution is 7.98. The van der Waals surface area contributed by atoms with E-state index in [0.29, 0.717) is 23.3 Å². The molecule has 1 aliphatic rings. The van der Waals surface area contributed by atoms with Crippen LogP contribution in [-0.4, -0.2) is 27.3 Å². The third kappa shape index (κ3) is 5.30. The SMILES string of the molecule is CCCCOC(=O)C1=C(C)Nc2nc(SCc3ccccc3)nn2C1c1ccc(CC)cc1. The number of aromatic nitrogens is 3. The van der Waals surface area contributed by atoms with Gasteiger partial charge in [-0.05, 0) is 36.5 Å².